The molecule has 0 aromatic rings. The first-order chi connectivity index (χ1) is 8.74. The second-order valence-electron chi connectivity index (χ2n) is 7.04. The van der Waals surface area contributed by atoms with Crippen molar-refractivity contribution in [3.63, 3.8) is 0 Å². The van der Waals surface area contributed by atoms with Crippen LogP contribution in [0.15, 0.2) is 0 Å². The van der Waals surface area contributed by atoms with Crippen molar-refractivity contribution in [1.82, 2.24) is 5.32 Å². The first-order valence-electron chi connectivity index (χ1n) is 7.22. The highest BCUT2D eigenvalue weighted by molar-refractivity contribution is 7.98. The van der Waals surface area contributed by atoms with Crippen molar-refractivity contribution >= 4 is 17.7 Å². The van der Waals surface area contributed by atoms with Crippen LogP contribution >= 0.6 is 11.8 Å². The van der Waals surface area contributed by atoms with Crippen LogP contribution in [0.3, 0.4) is 0 Å². The van der Waals surface area contributed by atoms with Crippen LogP contribution in [0.2, 0.25) is 0 Å². The average Bonchev–Trinajstić information content (AvgIpc) is 2.25. The third-order valence-electron chi connectivity index (χ3n) is 3.90. The van der Waals surface area contributed by atoms with Crippen molar-refractivity contribution in [3.05, 3.63) is 0 Å². The van der Waals surface area contributed by atoms with E-state index in [9.17, 15) is 9.90 Å². The van der Waals surface area contributed by atoms with Gasteiger partial charge in [0.1, 0.15) is 0 Å². The number of thioether (sulfide) groups is 1. The van der Waals surface area contributed by atoms with Crippen molar-refractivity contribution in [2.75, 3.05) is 18.6 Å². The summed E-state index contributed by atoms with van der Waals surface area (Å²) in [6, 6.07) is 0. The maximum atomic E-state index is 11.9. The Kier molecular flexibility index (Phi) is 6.18. The van der Waals surface area contributed by atoms with Gasteiger partial charge in [-0.1, -0.05) is 20.3 Å². The molecule has 0 radical (unpaired) electrons. The molecule has 1 aliphatic carbocycles. The molecular formula is C15H29NO2S. The minimum atomic E-state index is -0.805. The zero-order valence-corrected chi connectivity index (χ0v) is 13.6. The standard InChI is InChI=1S/C15H29NO2S/c1-14(2)7-5-6-12(9-14)8-13(17)16-10-15(3,18)11-19-4/h12,18H,5-11H2,1-4H3,(H,16,17). The van der Waals surface area contributed by atoms with Crippen molar-refractivity contribution in [1.29, 1.82) is 0 Å². The number of amides is 1. The minimum Gasteiger partial charge on any atom is -0.387 e. The normalized spacial score (nSPS) is 25.6. The van der Waals surface area contributed by atoms with E-state index < -0.39 is 5.60 Å². The molecule has 1 saturated carbocycles. The molecule has 0 aromatic carbocycles. The molecule has 1 rings (SSSR count). The summed E-state index contributed by atoms with van der Waals surface area (Å²) < 4.78 is 0. The number of carbonyl (C=O) groups is 1. The van der Waals surface area contributed by atoms with Gasteiger partial charge >= 0.3 is 0 Å². The van der Waals surface area contributed by atoms with Crippen LogP contribution in [0.4, 0.5) is 0 Å². The Hall–Kier alpha value is -0.220. The molecule has 0 heterocycles. The molecule has 3 nitrogen and oxygen atoms in total. The highest BCUT2D eigenvalue weighted by Crippen LogP contribution is 2.39. The first kappa shape index (κ1) is 16.8. The number of hydrogen-bond donors (Lipinski definition) is 2. The van der Waals surface area contributed by atoms with E-state index in [0.29, 0.717) is 30.1 Å². The van der Waals surface area contributed by atoms with E-state index in [-0.39, 0.29) is 5.91 Å². The van der Waals surface area contributed by atoms with Crippen molar-refractivity contribution < 1.29 is 9.90 Å². The van der Waals surface area contributed by atoms with Crippen LogP contribution < -0.4 is 5.32 Å². The van der Waals surface area contributed by atoms with Crippen LogP contribution in [0, 0.1) is 11.3 Å². The van der Waals surface area contributed by atoms with Gasteiger partial charge in [0.25, 0.3) is 0 Å². The van der Waals surface area contributed by atoms with Crippen molar-refractivity contribution in [3.8, 4) is 0 Å². The Morgan fingerprint density at radius 2 is 2.21 bits per heavy atom. The zero-order chi connectivity index (χ0) is 14.5. The predicted molar refractivity (Wildman–Crippen MR) is 82.4 cm³/mol. The summed E-state index contributed by atoms with van der Waals surface area (Å²) >= 11 is 1.59. The Bertz CT molecular complexity index is 303. The van der Waals surface area contributed by atoms with E-state index in [0.717, 1.165) is 12.8 Å². The Morgan fingerprint density at radius 3 is 2.79 bits per heavy atom. The number of hydrogen-bond acceptors (Lipinski definition) is 3. The van der Waals surface area contributed by atoms with Crippen LogP contribution in [0.1, 0.15) is 52.9 Å². The zero-order valence-electron chi connectivity index (χ0n) is 12.8. The fourth-order valence-electron chi connectivity index (χ4n) is 3.01. The predicted octanol–water partition coefficient (Wildman–Crippen LogP) is 2.82. The van der Waals surface area contributed by atoms with Gasteiger partial charge < -0.3 is 10.4 Å². The fourth-order valence-corrected chi connectivity index (χ4v) is 3.74. The van der Waals surface area contributed by atoms with E-state index in [4.69, 9.17) is 0 Å². The summed E-state index contributed by atoms with van der Waals surface area (Å²) in [5.74, 6) is 1.24. The fraction of sp³-hybridized carbons (Fsp3) is 0.933. The second-order valence-corrected chi connectivity index (χ2v) is 7.90. The van der Waals surface area contributed by atoms with Gasteiger partial charge in [0, 0.05) is 18.7 Å². The number of nitrogens with one attached hydrogen (secondary N) is 1. The molecule has 0 bridgehead atoms. The smallest absolute Gasteiger partial charge is 0.220 e. The van der Waals surface area contributed by atoms with Crippen LogP contribution in [0.25, 0.3) is 0 Å². The van der Waals surface area contributed by atoms with Crippen LogP contribution in [0.5, 0.6) is 0 Å². The summed E-state index contributed by atoms with van der Waals surface area (Å²) in [4.78, 5) is 11.9. The number of carbonyl (C=O) groups excluding carboxylic acids is 1. The quantitative estimate of drug-likeness (QED) is 0.790. The lowest BCUT2D eigenvalue weighted by atomic mass is 9.71. The van der Waals surface area contributed by atoms with Crippen LogP contribution in [-0.4, -0.2) is 35.2 Å². The van der Waals surface area contributed by atoms with Gasteiger partial charge in [-0.15, -0.1) is 0 Å². The monoisotopic (exact) mass is 287 g/mol. The maximum absolute atomic E-state index is 11.9. The molecule has 1 amide bonds. The average molecular weight is 287 g/mol. The van der Waals surface area contributed by atoms with E-state index in [2.05, 4.69) is 19.2 Å². The molecule has 0 spiro atoms. The SMILES string of the molecule is CSCC(C)(O)CNC(=O)CC1CCCC(C)(C)C1. The Balaban J connectivity index is 2.31. The first-order valence-corrected chi connectivity index (χ1v) is 8.61. The summed E-state index contributed by atoms with van der Waals surface area (Å²) in [6.07, 6.45) is 7.38. The third kappa shape index (κ3) is 6.66. The molecule has 1 fully saturated rings. The highest BCUT2D eigenvalue weighted by Gasteiger charge is 2.29. The lowest BCUT2D eigenvalue weighted by Gasteiger charge is -2.35. The molecule has 112 valence electrons. The molecule has 1 aliphatic rings. The molecule has 0 aromatic heterocycles. The van der Waals surface area contributed by atoms with E-state index >= 15 is 0 Å². The molecule has 0 aliphatic heterocycles. The minimum absolute atomic E-state index is 0.0871. The van der Waals surface area contributed by atoms with Gasteiger partial charge in [-0.2, -0.15) is 11.8 Å². The van der Waals surface area contributed by atoms with Gasteiger partial charge in [-0.05, 0) is 43.8 Å². The van der Waals surface area contributed by atoms with Gasteiger partial charge in [-0.25, -0.2) is 0 Å². The van der Waals surface area contributed by atoms with E-state index in [1.165, 1.54) is 12.8 Å². The maximum Gasteiger partial charge on any atom is 0.220 e. The number of rotatable bonds is 6. The van der Waals surface area contributed by atoms with Gasteiger partial charge in [0.2, 0.25) is 5.91 Å². The van der Waals surface area contributed by atoms with Crippen molar-refractivity contribution in [2.24, 2.45) is 11.3 Å². The molecule has 19 heavy (non-hydrogen) atoms. The molecule has 0 saturated heterocycles. The topological polar surface area (TPSA) is 49.3 Å². The number of aliphatic hydroxyl groups is 1. The van der Waals surface area contributed by atoms with Gasteiger partial charge in [-0.3, -0.25) is 4.79 Å². The Morgan fingerprint density at radius 1 is 1.53 bits per heavy atom. The summed E-state index contributed by atoms with van der Waals surface area (Å²) in [6.45, 7) is 6.71. The summed E-state index contributed by atoms with van der Waals surface area (Å²) in [5, 5.41) is 12.9. The largest absolute Gasteiger partial charge is 0.387 e. The molecule has 2 unspecified atom stereocenters. The lowest BCUT2D eigenvalue weighted by Crippen LogP contribution is -2.43. The van der Waals surface area contributed by atoms with E-state index in [1.54, 1.807) is 18.7 Å². The molecule has 2 N–H and O–H groups in total. The highest BCUT2D eigenvalue weighted by atomic mass is 32.2. The van der Waals surface area contributed by atoms with Gasteiger partial charge in [0.15, 0.2) is 0 Å². The summed E-state index contributed by atoms with van der Waals surface area (Å²) in [5.41, 5.74) is -0.422. The molecule has 4 heteroatoms. The molecular weight excluding hydrogens is 258 g/mol. The van der Waals surface area contributed by atoms with Crippen molar-refractivity contribution in [2.45, 2.75) is 58.5 Å². The second kappa shape index (κ2) is 6.98. The third-order valence-corrected chi connectivity index (χ3v) is 4.81. The Labute approximate surface area is 121 Å². The lowest BCUT2D eigenvalue weighted by molar-refractivity contribution is -0.123. The summed E-state index contributed by atoms with van der Waals surface area (Å²) in [7, 11) is 0. The van der Waals surface area contributed by atoms with Crippen LogP contribution in [-0.2, 0) is 4.79 Å². The van der Waals surface area contributed by atoms with Gasteiger partial charge in [0.05, 0.1) is 5.60 Å². The van der Waals surface area contributed by atoms with E-state index in [1.807, 2.05) is 6.26 Å². The molecule has 2 atom stereocenters.